The number of carbonyl (C=O) groups is 2. The molecule has 170 valence electrons. The molecular formula is C23H16N4O7. The number of nitrogens with one attached hydrogen (secondary N) is 1. The maximum absolute atomic E-state index is 12.7. The second-order valence-corrected chi connectivity index (χ2v) is 7.18. The first-order valence-corrected chi connectivity index (χ1v) is 9.90. The van der Waals surface area contributed by atoms with Gasteiger partial charge in [-0.3, -0.25) is 35.2 Å². The Morgan fingerprint density at radius 1 is 0.912 bits per heavy atom. The van der Waals surface area contributed by atoms with Gasteiger partial charge in [0.25, 0.3) is 17.5 Å². The van der Waals surface area contributed by atoms with E-state index in [0.29, 0.717) is 11.3 Å². The lowest BCUT2D eigenvalue weighted by Crippen LogP contribution is -2.35. The molecule has 1 fully saturated rings. The summed E-state index contributed by atoms with van der Waals surface area (Å²) in [5.41, 5.74) is 2.96. The van der Waals surface area contributed by atoms with E-state index in [4.69, 9.17) is 4.74 Å². The van der Waals surface area contributed by atoms with Crippen molar-refractivity contribution in [3.8, 4) is 5.75 Å². The summed E-state index contributed by atoms with van der Waals surface area (Å²) in [6.45, 7) is -0.129. The minimum Gasteiger partial charge on any atom is -0.482 e. The van der Waals surface area contributed by atoms with Crippen molar-refractivity contribution in [3.63, 3.8) is 0 Å². The molecule has 0 bridgehead atoms. The summed E-state index contributed by atoms with van der Waals surface area (Å²) in [7, 11) is 0. The molecule has 0 aliphatic carbocycles. The summed E-state index contributed by atoms with van der Waals surface area (Å²) in [6, 6.07) is 18.2. The van der Waals surface area contributed by atoms with Gasteiger partial charge < -0.3 is 4.74 Å². The highest BCUT2D eigenvalue weighted by Crippen LogP contribution is 2.30. The molecule has 3 aromatic carbocycles. The summed E-state index contributed by atoms with van der Waals surface area (Å²) in [6.07, 6.45) is 1.26. The van der Waals surface area contributed by atoms with E-state index in [9.17, 15) is 29.8 Å². The highest BCUT2D eigenvalue weighted by atomic mass is 16.6. The van der Waals surface area contributed by atoms with Crippen molar-refractivity contribution in [1.82, 2.24) is 5.43 Å². The van der Waals surface area contributed by atoms with Gasteiger partial charge in [-0.25, -0.2) is 5.01 Å². The third kappa shape index (κ3) is 4.58. The van der Waals surface area contributed by atoms with E-state index in [1.165, 1.54) is 42.5 Å². The fourth-order valence-electron chi connectivity index (χ4n) is 3.29. The van der Waals surface area contributed by atoms with Crippen LogP contribution in [0.5, 0.6) is 5.75 Å². The van der Waals surface area contributed by atoms with Gasteiger partial charge in [-0.05, 0) is 35.4 Å². The summed E-state index contributed by atoms with van der Waals surface area (Å²) in [4.78, 5) is 46.4. The van der Waals surface area contributed by atoms with E-state index in [1.807, 2.05) is 0 Å². The standard InChI is InChI=1S/C23H16N4O7/c28-22-19(23(29)25(24-22)17-6-2-1-3-7-17)12-15-9-10-21(20(13-15)27(32)33)34-14-16-5-4-8-18(11-16)26(30)31/h1-13H,14H2,(H,24,28). The summed E-state index contributed by atoms with van der Waals surface area (Å²) in [5.74, 6) is -1.29. The molecule has 0 atom stereocenters. The molecule has 0 saturated carbocycles. The first kappa shape index (κ1) is 22.1. The number of benzene rings is 3. The number of ether oxygens (including phenoxy) is 1. The molecule has 1 heterocycles. The van der Waals surface area contributed by atoms with Crippen molar-refractivity contribution in [2.45, 2.75) is 6.61 Å². The van der Waals surface area contributed by atoms with Gasteiger partial charge >= 0.3 is 5.69 Å². The van der Waals surface area contributed by atoms with E-state index < -0.39 is 21.7 Å². The lowest BCUT2D eigenvalue weighted by atomic mass is 10.1. The van der Waals surface area contributed by atoms with Gasteiger partial charge in [-0.1, -0.05) is 36.4 Å². The third-order valence-corrected chi connectivity index (χ3v) is 4.91. The number of hydrazine groups is 1. The lowest BCUT2D eigenvalue weighted by Gasteiger charge is -2.13. The Balaban J connectivity index is 1.57. The first-order valence-electron chi connectivity index (χ1n) is 9.90. The second-order valence-electron chi connectivity index (χ2n) is 7.18. The summed E-state index contributed by atoms with van der Waals surface area (Å²) >= 11 is 0. The molecule has 3 aromatic rings. The van der Waals surface area contributed by atoms with Crippen LogP contribution in [-0.4, -0.2) is 21.7 Å². The molecule has 0 aromatic heterocycles. The van der Waals surface area contributed by atoms with Gasteiger partial charge in [0.1, 0.15) is 12.2 Å². The zero-order valence-corrected chi connectivity index (χ0v) is 17.4. The topological polar surface area (TPSA) is 145 Å². The van der Waals surface area contributed by atoms with Crippen molar-refractivity contribution in [1.29, 1.82) is 0 Å². The molecule has 11 nitrogen and oxygen atoms in total. The molecular weight excluding hydrogens is 444 g/mol. The van der Waals surface area contributed by atoms with Crippen LogP contribution in [0.25, 0.3) is 6.08 Å². The second kappa shape index (κ2) is 9.20. The predicted molar refractivity (Wildman–Crippen MR) is 121 cm³/mol. The van der Waals surface area contributed by atoms with E-state index in [1.54, 1.807) is 36.4 Å². The molecule has 1 aliphatic rings. The number of nitro groups is 2. The van der Waals surface area contributed by atoms with Crippen LogP contribution in [0.4, 0.5) is 17.1 Å². The van der Waals surface area contributed by atoms with Gasteiger partial charge in [-0.15, -0.1) is 0 Å². The van der Waals surface area contributed by atoms with Crippen molar-refractivity contribution in [2.24, 2.45) is 0 Å². The smallest absolute Gasteiger partial charge is 0.311 e. The van der Waals surface area contributed by atoms with Gasteiger partial charge in [-0.2, -0.15) is 0 Å². The van der Waals surface area contributed by atoms with Crippen molar-refractivity contribution in [2.75, 3.05) is 5.01 Å². The first-order chi connectivity index (χ1) is 16.3. The number of para-hydroxylation sites is 1. The number of nitrogens with zero attached hydrogens (tertiary/aromatic N) is 3. The van der Waals surface area contributed by atoms with Crippen LogP contribution < -0.4 is 15.2 Å². The van der Waals surface area contributed by atoms with Crippen molar-refractivity contribution >= 4 is 35.0 Å². The molecule has 1 N–H and O–H groups in total. The number of nitro benzene ring substituents is 2. The van der Waals surface area contributed by atoms with Gasteiger partial charge in [0.05, 0.1) is 15.5 Å². The monoisotopic (exact) mass is 460 g/mol. The SMILES string of the molecule is O=C1NN(c2ccccc2)C(=O)C1=Cc1ccc(OCc2cccc([N+](=O)[O-])c2)c([N+](=O)[O-])c1. The average Bonchev–Trinajstić information content (AvgIpc) is 3.12. The Hall–Kier alpha value is -5.06. The number of hydrogen-bond donors (Lipinski definition) is 1. The highest BCUT2D eigenvalue weighted by Gasteiger charge is 2.34. The predicted octanol–water partition coefficient (Wildman–Crippen LogP) is 3.54. The fourth-order valence-corrected chi connectivity index (χ4v) is 3.29. The number of anilines is 1. The van der Waals surface area contributed by atoms with E-state index >= 15 is 0 Å². The van der Waals surface area contributed by atoms with Crippen LogP contribution in [0.2, 0.25) is 0 Å². The Bertz CT molecular complexity index is 1340. The number of amides is 2. The molecule has 2 amide bonds. The maximum Gasteiger partial charge on any atom is 0.311 e. The average molecular weight is 460 g/mol. The zero-order valence-electron chi connectivity index (χ0n) is 17.4. The van der Waals surface area contributed by atoms with Crippen LogP contribution in [0.15, 0.2) is 78.4 Å². The Morgan fingerprint density at radius 3 is 2.38 bits per heavy atom. The van der Waals surface area contributed by atoms with Gasteiger partial charge in [0.15, 0.2) is 5.75 Å². The van der Waals surface area contributed by atoms with E-state index in [-0.39, 0.29) is 34.9 Å². The maximum atomic E-state index is 12.7. The van der Waals surface area contributed by atoms with Crippen LogP contribution in [0, 0.1) is 20.2 Å². The van der Waals surface area contributed by atoms with Crippen molar-refractivity contribution in [3.05, 3.63) is 110 Å². The van der Waals surface area contributed by atoms with Gasteiger partial charge in [0, 0.05) is 18.2 Å². The lowest BCUT2D eigenvalue weighted by molar-refractivity contribution is -0.386. The molecule has 1 saturated heterocycles. The Morgan fingerprint density at radius 2 is 1.68 bits per heavy atom. The Kier molecular flexibility index (Phi) is 5.99. The zero-order chi connectivity index (χ0) is 24.2. The molecule has 11 heteroatoms. The third-order valence-electron chi connectivity index (χ3n) is 4.91. The van der Waals surface area contributed by atoms with E-state index in [0.717, 1.165) is 5.01 Å². The molecule has 0 unspecified atom stereocenters. The highest BCUT2D eigenvalue weighted by molar-refractivity contribution is 6.31. The number of non-ortho nitro benzene ring substituents is 1. The molecule has 1 aliphatic heterocycles. The minimum atomic E-state index is -0.655. The number of rotatable bonds is 7. The van der Waals surface area contributed by atoms with Crippen LogP contribution in [0.1, 0.15) is 11.1 Å². The molecule has 0 spiro atoms. The quantitative estimate of drug-likeness (QED) is 0.246. The summed E-state index contributed by atoms with van der Waals surface area (Å²) < 4.78 is 5.52. The Labute approximate surface area is 192 Å². The van der Waals surface area contributed by atoms with Gasteiger partial charge in [0.2, 0.25) is 0 Å². The molecule has 4 rings (SSSR count). The van der Waals surface area contributed by atoms with Crippen LogP contribution in [0.3, 0.4) is 0 Å². The molecule has 34 heavy (non-hydrogen) atoms. The number of hydrogen-bond acceptors (Lipinski definition) is 7. The largest absolute Gasteiger partial charge is 0.482 e. The number of carbonyl (C=O) groups excluding carboxylic acids is 2. The van der Waals surface area contributed by atoms with Crippen LogP contribution >= 0.6 is 0 Å². The molecule has 0 radical (unpaired) electrons. The van der Waals surface area contributed by atoms with Crippen molar-refractivity contribution < 1.29 is 24.2 Å². The summed E-state index contributed by atoms with van der Waals surface area (Å²) in [5, 5.41) is 23.6. The van der Waals surface area contributed by atoms with Crippen LogP contribution in [-0.2, 0) is 16.2 Å². The van der Waals surface area contributed by atoms with E-state index in [2.05, 4.69) is 5.43 Å². The minimum absolute atomic E-state index is 0.0632. The fraction of sp³-hybridized carbons (Fsp3) is 0.0435. The normalized spacial score (nSPS) is 14.2.